The molecule has 0 bridgehead atoms. The lowest BCUT2D eigenvalue weighted by molar-refractivity contribution is 0.535. The van der Waals surface area contributed by atoms with Gasteiger partial charge in [-0.25, -0.2) is 0 Å². The van der Waals surface area contributed by atoms with Gasteiger partial charge >= 0.3 is 0 Å². The van der Waals surface area contributed by atoms with E-state index in [2.05, 4.69) is 4.98 Å². The molecule has 0 N–H and O–H groups in total. The van der Waals surface area contributed by atoms with Crippen LogP contribution >= 0.6 is 0 Å². The van der Waals surface area contributed by atoms with Crippen molar-refractivity contribution in [1.82, 2.24) is 4.98 Å². The first-order valence-corrected chi connectivity index (χ1v) is 3.98. The lowest BCUT2D eigenvalue weighted by atomic mass is 10.4. The smallest absolute Gasteiger partial charge is 0.0662 e. The van der Waals surface area contributed by atoms with Crippen molar-refractivity contribution in [2.45, 2.75) is 0 Å². The summed E-state index contributed by atoms with van der Waals surface area (Å²) in [5.74, 6) is 0. The zero-order valence-corrected chi connectivity index (χ0v) is 6.75. The van der Waals surface area contributed by atoms with Gasteiger partial charge in [-0.1, -0.05) is 0 Å². The van der Waals surface area contributed by atoms with Crippen LogP contribution in [0.3, 0.4) is 0 Å². The molecule has 1 atom stereocenters. The van der Waals surface area contributed by atoms with E-state index < -0.39 is 11.3 Å². The summed E-state index contributed by atoms with van der Waals surface area (Å²) < 4.78 is 21.9. The first-order chi connectivity index (χ1) is 5.22. The number of hydrogen-bond acceptors (Lipinski definition) is 3. The van der Waals surface area contributed by atoms with Crippen LogP contribution in [0.25, 0.3) is 0 Å². The maximum Gasteiger partial charge on any atom is 0.0662 e. The van der Waals surface area contributed by atoms with E-state index >= 15 is 0 Å². The highest BCUT2D eigenvalue weighted by atomic mass is 32.2. The molecule has 1 rings (SSSR count). The van der Waals surface area contributed by atoms with E-state index in [0.717, 1.165) is 4.31 Å². The van der Waals surface area contributed by atoms with Crippen LogP contribution in [0.15, 0.2) is 24.5 Å². The summed E-state index contributed by atoms with van der Waals surface area (Å²) in [6.07, 6.45) is 3.07. The summed E-state index contributed by atoms with van der Waals surface area (Å²) in [6, 6.07) is 3.35. The Balaban J connectivity index is 2.85. The number of anilines is 1. The summed E-state index contributed by atoms with van der Waals surface area (Å²) in [5, 5.41) is 0. The molecule has 0 aliphatic carbocycles. The van der Waals surface area contributed by atoms with E-state index in [0.29, 0.717) is 5.69 Å². The normalized spacial score (nSPS) is 12.5. The fourth-order valence-corrected chi connectivity index (χ4v) is 0.906. The van der Waals surface area contributed by atoms with Gasteiger partial charge in [0.05, 0.1) is 11.9 Å². The molecule has 0 amide bonds. The van der Waals surface area contributed by atoms with Crippen molar-refractivity contribution in [3.05, 3.63) is 24.5 Å². The molecule has 11 heavy (non-hydrogen) atoms. The lowest BCUT2D eigenvalue weighted by Crippen LogP contribution is -2.19. The van der Waals surface area contributed by atoms with E-state index in [1.54, 1.807) is 18.3 Å². The number of hydrogen-bond donors (Lipinski definition) is 0. The third kappa shape index (κ3) is 1.99. The lowest BCUT2D eigenvalue weighted by Gasteiger charge is -2.20. The molecule has 60 valence electrons. The van der Waals surface area contributed by atoms with Crippen molar-refractivity contribution in [3.63, 3.8) is 0 Å². The SMILES string of the molecule is CN(c1cccnc1)S(=O)[O-]. The second-order valence-corrected chi connectivity index (χ2v) is 2.91. The molecular weight excluding hydrogens is 164 g/mol. The van der Waals surface area contributed by atoms with Crippen molar-refractivity contribution < 1.29 is 8.76 Å². The highest BCUT2D eigenvalue weighted by Gasteiger charge is 1.97. The van der Waals surface area contributed by atoms with E-state index in [4.69, 9.17) is 0 Å². The molecule has 0 saturated heterocycles. The summed E-state index contributed by atoms with van der Waals surface area (Å²) in [4.78, 5) is 3.77. The molecule has 0 radical (unpaired) electrons. The Morgan fingerprint density at radius 2 is 2.45 bits per heavy atom. The molecule has 0 aliphatic rings. The molecule has 0 spiro atoms. The van der Waals surface area contributed by atoms with Crippen molar-refractivity contribution in [1.29, 1.82) is 0 Å². The highest BCUT2D eigenvalue weighted by Crippen LogP contribution is 2.09. The van der Waals surface area contributed by atoms with E-state index in [9.17, 15) is 8.76 Å². The fourth-order valence-electron chi connectivity index (χ4n) is 0.626. The zero-order chi connectivity index (χ0) is 8.27. The van der Waals surface area contributed by atoms with Crippen LogP contribution in [0.4, 0.5) is 5.69 Å². The summed E-state index contributed by atoms with van der Waals surface area (Å²) in [6.45, 7) is 0. The van der Waals surface area contributed by atoms with Crippen LogP contribution in [0.5, 0.6) is 0 Å². The largest absolute Gasteiger partial charge is 0.755 e. The van der Waals surface area contributed by atoms with Gasteiger partial charge in [0, 0.05) is 24.5 Å². The molecule has 0 aromatic carbocycles. The summed E-state index contributed by atoms with van der Waals surface area (Å²) in [5.41, 5.74) is 0.556. The van der Waals surface area contributed by atoms with Crippen molar-refractivity contribution in [2.24, 2.45) is 0 Å². The molecular formula is C6H7N2O2S-. The number of pyridine rings is 1. The first kappa shape index (κ1) is 8.16. The van der Waals surface area contributed by atoms with Gasteiger partial charge < -0.3 is 8.86 Å². The molecule has 5 heteroatoms. The van der Waals surface area contributed by atoms with Crippen molar-refractivity contribution >= 4 is 17.0 Å². The standard InChI is InChI=1S/C6H8N2O2S/c1-8(11(9)10)6-3-2-4-7-5-6/h2-5H,1H3,(H,9,10)/p-1. The van der Waals surface area contributed by atoms with Crippen molar-refractivity contribution in [2.75, 3.05) is 11.4 Å². The Morgan fingerprint density at radius 3 is 2.91 bits per heavy atom. The van der Waals surface area contributed by atoms with Crippen LogP contribution in [0.2, 0.25) is 0 Å². The molecule has 0 saturated carbocycles. The maximum atomic E-state index is 10.4. The zero-order valence-electron chi connectivity index (χ0n) is 5.93. The van der Waals surface area contributed by atoms with E-state index in [1.807, 2.05) is 0 Å². The molecule has 0 aliphatic heterocycles. The van der Waals surface area contributed by atoms with Crippen LogP contribution in [0.1, 0.15) is 0 Å². The van der Waals surface area contributed by atoms with Crippen LogP contribution in [-0.4, -0.2) is 20.8 Å². The maximum absolute atomic E-state index is 10.4. The van der Waals surface area contributed by atoms with Gasteiger partial charge in [-0.2, -0.15) is 0 Å². The molecule has 1 unspecified atom stereocenters. The Morgan fingerprint density at radius 1 is 1.73 bits per heavy atom. The summed E-state index contributed by atoms with van der Waals surface area (Å²) >= 11 is -2.22. The summed E-state index contributed by atoms with van der Waals surface area (Å²) in [7, 11) is 1.46. The minimum absolute atomic E-state index is 0.556. The topological polar surface area (TPSA) is 56.3 Å². The van der Waals surface area contributed by atoms with Gasteiger partial charge in [-0.05, 0) is 12.1 Å². The van der Waals surface area contributed by atoms with Crippen LogP contribution in [-0.2, 0) is 11.3 Å². The minimum Gasteiger partial charge on any atom is -0.755 e. The molecule has 0 fully saturated rings. The van der Waals surface area contributed by atoms with Gasteiger partial charge in [-0.3, -0.25) is 9.19 Å². The number of nitrogens with zero attached hydrogens (tertiary/aromatic N) is 2. The van der Waals surface area contributed by atoms with Crippen LogP contribution in [0, 0.1) is 0 Å². The second-order valence-electron chi connectivity index (χ2n) is 1.93. The van der Waals surface area contributed by atoms with Gasteiger partial charge in [0.15, 0.2) is 0 Å². The first-order valence-electron chi connectivity index (χ1n) is 2.95. The van der Waals surface area contributed by atoms with Crippen molar-refractivity contribution in [3.8, 4) is 0 Å². The minimum atomic E-state index is -2.22. The van der Waals surface area contributed by atoms with Gasteiger partial charge in [-0.15, -0.1) is 0 Å². The predicted octanol–water partition coefficient (Wildman–Crippen LogP) is 0.312. The quantitative estimate of drug-likeness (QED) is 0.602. The average Bonchev–Trinajstić information content (AvgIpc) is 2.05. The Kier molecular flexibility index (Phi) is 2.56. The second kappa shape index (κ2) is 3.45. The Labute approximate surface area is 67.3 Å². The van der Waals surface area contributed by atoms with E-state index in [1.165, 1.54) is 13.2 Å². The molecule has 1 aromatic rings. The molecule has 1 aromatic heterocycles. The number of aromatic nitrogens is 1. The van der Waals surface area contributed by atoms with Crippen LogP contribution < -0.4 is 4.31 Å². The van der Waals surface area contributed by atoms with Gasteiger partial charge in [0.1, 0.15) is 0 Å². The predicted molar refractivity (Wildman–Crippen MR) is 41.6 cm³/mol. The van der Waals surface area contributed by atoms with E-state index in [-0.39, 0.29) is 0 Å². The molecule has 4 nitrogen and oxygen atoms in total. The monoisotopic (exact) mass is 171 g/mol. The average molecular weight is 171 g/mol. The Bertz CT molecular complexity index is 252. The highest BCUT2D eigenvalue weighted by molar-refractivity contribution is 7.80. The van der Waals surface area contributed by atoms with Gasteiger partial charge in [0.2, 0.25) is 0 Å². The van der Waals surface area contributed by atoms with Gasteiger partial charge in [0.25, 0.3) is 0 Å². The number of rotatable bonds is 2. The fraction of sp³-hybridized carbons (Fsp3) is 0.167. The molecule has 1 heterocycles. The third-order valence-electron chi connectivity index (χ3n) is 1.23. The third-order valence-corrected chi connectivity index (χ3v) is 1.89. The Hall–Kier alpha value is -0.940.